The van der Waals surface area contributed by atoms with Gasteiger partial charge >= 0.3 is 13.7 Å². The second-order valence-corrected chi connectivity index (χ2v) is 11.9. The lowest BCUT2D eigenvalue weighted by atomic mass is 10.1. The fourth-order valence-corrected chi connectivity index (χ4v) is 5.74. The number of nitrogens with one attached hydrogen (secondary N) is 2. The van der Waals surface area contributed by atoms with Crippen LogP contribution >= 0.6 is 7.75 Å². The first-order valence-electron chi connectivity index (χ1n) is 14.1. The Balaban J connectivity index is 1.51. The molecule has 0 amide bonds. The van der Waals surface area contributed by atoms with E-state index in [4.69, 9.17) is 13.8 Å². The topological polar surface area (TPSA) is 102 Å². The number of fused-ring (bicyclic) bond motifs is 1. The van der Waals surface area contributed by atoms with E-state index < -0.39 is 19.8 Å². The molecule has 1 heterocycles. The number of likely N-dealkylation sites (N-methyl/N-ethyl adjacent to an activating group) is 1. The summed E-state index contributed by atoms with van der Waals surface area (Å²) < 4.78 is 43.9. The number of hydrogen-bond donors (Lipinski definition) is 2. The summed E-state index contributed by atoms with van der Waals surface area (Å²) in [7, 11) is -3.88. The van der Waals surface area contributed by atoms with Gasteiger partial charge in [-0.05, 0) is 84.0 Å². The molecule has 0 aliphatic heterocycles. The highest BCUT2D eigenvalue weighted by atomic mass is 31.2. The lowest BCUT2D eigenvalue weighted by Gasteiger charge is -2.25. The average Bonchev–Trinajstić information content (AvgIpc) is 2.92. The van der Waals surface area contributed by atoms with Crippen molar-refractivity contribution in [2.45, 2.75) is 65.6 Å². The predicted molar refractivity (Wildman–Crippen MR) is 161 cm³/mol. The van der Waals surface area contributed by atoms with Gasteiger partial charge in [0.05, 0.1) is 18.2 Å². The van der Waals surface area contributed by atoms with Crippen molar-refractivity contribution >= 4 is 30.3 Å². The summed E-state index contributed by atoms with van der Waals surface area (Å²) in [5.41, 5.74) is 1.55. The molecule has 2 N–H and O–H groups in total. The standard InChI is InChI=1S/C30H42FN4O5P/c1-6-35(18-10-11-23(4)33-28-16-17-32-29-21-25(31)14-15-27(28)29)19-20-38-41(37,40-26-12-8-7-9-13-26)34-24(5)30(36)39-22(2)3/h7-9,12-17,21-24H,6,10-11,18-20H2,1-5H3,(H,32,33)(H,34,37)/t23-,24+,41+/m1/s1. The number of aromatic nitrogens is 1. The Morgan fingerprint density at radius 3 is 2.54 bits per heavy atom. The zero-order chi connectivity index (χ0) is 29.8. The zero-order valence-electron chi connectivity index (χ0n) is 24.5. The minimum atomic E-state index is -3.88. The van der Waals surface area contributed by atoms with Crippen LogP contribution in [-0.4, -0.2) is 60.3 Å². The van der Waals surface area contributed by atoms with E-state index >= 15 is 0 Å². The number of carbonyl (C=O) groups excluding carboxylic acids is 1. The number of para-hydroxylation sites is 1. The van der Waals surface area contributed by atoms with Gasteiger partial charge < -0.3 is 19.5 Å². The molecule has 224 valence electrons. The molecule has 0 spiro atoms. The lowest BCUT2D eigenvalue weighted by molar-refractivity contribution is -0.149. The van der Waals surface area contributed by atoms with Gasteiger partial charge in [0.2, 0.25) is 0 Å². The van der Waals surface area contributed by atoms with Crippen LogP contribution in [0.4, 0.5) is 10.1 Å². The van der Waals surface area contributed by atoms with Crippen LogP contribution in [0.3, 0.4) is 0 Å². The second kappa shape index (κ2) is 15.8. The van der Waals surface area contributed by atoms with Crippen LogP contribution in [-0.2, 0) is 18.6 Å². The van der Waals surface area contributed by atoms with Crippen LogP contribution in [0, 0.1) is 5.82 Å². The highest BCUT2D eigenvalue weighted by Gasteiger charge is 2.32. The summed E-state index contributed by atoms with van der Waals surface area (Å²) >= 11 is 0. The minimum Gasteiger partial charge on any atom is -0.462 e. The van der Waals surface area contributed by atoms with Crippen molar-refractivity contribution in [2.75, 3.05) is 31.6 Å². The molecule has 11 heteroatoms. The molecule has 0 bridgehead atoms. The van der Waals surface area contributed by atoms with Crippen LogP contribution in [0.15, 0.2) is 60.8 Å². The normalized spacial score (nSPS) is 14.5. The number of pyridine rings is 1. The molecular formula is C30H42FN4O5P. The van der Waals surface area contributed by atoms with Gasteiger partial charge in [0.15, 0.2) is 0 Å². The van der Waals surface area contributed by atoms with Crippen molar-refractivity contribution in [3.05, 3.63) is 66.6 Å². The van der Waals surface area contributed by atoms with E-state index in [0.29, 0.717) is 17.8 Å². The highest BCUT2D eigenvalue weighted by Crippen LogP contribution is 2.44. The summed E-state index contributed by atoms with van der Waals surface area (Å²) in [6, 6.07) is 14.5. The van der Waals surface area contributed by atoms with Gasteiger partial charge in [-0.25, -0.2) is 8.96 Å². The minimum absolute atomic E-state index is 0.143. The number of nitrogens with zero attached hydrogens (tertiary/aromatic N) is 2. The van der Waals surface area contributed by atoms with Crippen LogP contribution in [0.2, 0.25) is 0 Å². The molecule has 0 saturated heterocycles. The fourth-order valence-electron chi connectivity index (χ4n) is 4.26. The molecule has 3 rings (SSSR count). The average molecular weight is 589 g/mol. The molecule has 0 saturated carbocycles. The molecule has 0 fully saturated rings. The number of halogens is 1. The molecule has 41 heavy (non-hydrogen) atoms. The highest BCUT2D eigenvalue weighted by molar-refractivity contribution is 7.52. The monoisotopic (exact) mass is 588 g/mol. The molecular weight excluding hydrogens is 546 g/mol. The number of carbonyl (C=O) groups is 1. The van der Waals surface area contributed by atoms with E-state index in [0.717, 1.165) is 37.0 Å². The SMILES string of the molecule is CCN(CCC[C@@H](C)Nc1ccnc2cc(F)ccc12)CCO[P@@](=O)(N[C@@H](C)C(=O)OC(C)C)Oc1ccccc1. The zero-order valence-corrected chi connectivity index (χ0v) is 25.4. The quantitative estimate of drug-likeness (QED) is 0.137. The Hall–Kier alpha value is -3.04. The summed E-state index contributed by atoms with van der Waals surface area (Å²) in [6.45, 7) is 11.5. The van der Waals surface area contributed by atoms with Crippen LogP contribution in [0.5, 0.6) is 5.75 Å². The van der Waals surface area contributed by atoms with Crippen LogP contribution in [0.1, 0.15) is 47.5 Å². The molecule has 0 aliphatic carbocycles. The first-order chi connectivity index (χ1) is 19.6. The Labute approximate surface area is 242 Å². The van der Waals surface area contributed by atoms with Crippen molar-refractivity contribution in [1.29, 1.82) is 0 Å². The summed E-state index contributed by atoms with van der Waals surface area (Å²) in [6.07, 6.45) is 3.22. The van der Waals surface area contributed by atoms with Gasteiger partial charge in [0.25, 0.3) is 0 Å². The number of esters is 1. The van der Waals surface area contributed by atoms with Crippen molar-refractivity contribution in [2.24, 2.45) is 0 Å². The van der Waals surface area contributed by atoms with Gasteiger partial charge in [-0.1, -0.05) is 25.1 Å². The van der Waals surface area contributed by atoms with E-state index in [9.17, 15) is 13.8 Å². The Morgan fingerprint density at radius 2 is 1.83 bits per heavy atom. The largest absolute Gasteiger partial charge is 0.462 e. The Morgan fingerprint density at radius 1 is 1.07 bits per heavy atom. The molecule has 0 aliphatic rings. The van der Waals surface area contributed by atoms with Crippen molar-refractivity contribution in [3.63, 3.8) is 0 Å². The van der Waals surface area contributed by atoms with Crippen molar-refractivity contribution < 1.29 is 27.5 Å². The first kappa shape index (κ1) is 32.5. The third-order valence-electron chi connectivity index (χ3n) is 6.36. The lowest BCUT2D eigenvalue weighted by Crippen LogP contribution is -2.37. The summed E-state index contributed by atoms with van der Waals surface area (Å²) in [4.78, 5) is 18.8. The van der Waals surface area contributed by atoms with E-state index in [2.05, 4.69) is 34.1 Å². The Bertz CT molecular complexity index is 1300. The van der Waals surface area contributed by atoms with E-state index in [1.807, 2.05) is 12.1 Å². The van der Waals surface area contributed by atoms with Gasteiger partial charge in [0.1, 0.15) is 17.6 Å². The van der Waals surface area contributed by atoms with Gasteiger partial charge in [-0.2, -0.15) is 5.09 Å². The van der Waals surface area contributed by atoms with E-state index in [1.165, 1.54) is 12.1 Å². The number of anilines is 1. The predicted octanol–water partition coefficient (Wildman–Crippen LogP) is 6.41. The second-order valence-electron chi connectivity index (χ2n) is 10.2. The number of rotatable bonds is 17. The number of benzene rings is 2. The molecule has 3 atom stereocenters. The smallest absolute Gasteiger partial charge is 0.459 e. The summed E-state index contributed by atoms with van der Waals surface area (Å²) in [5.74, 6) is -0.472. The number of hydrogen-bond acceptors (Lipinski definition) is 8. The van der Waals surface area contributed by atoms with Gasteiger partial charge in [0, 0.05) is 35.9 Å². The molecule has 3 aromatic rings. The molecule has 2 aromatic carbocycles. The van der Waals surface area contributed by atoms with Gasteiger partial charge in [-0.15, -0.1) is 0 Å². The fraction of sp³-hybridized carbons (Fsp3) is 0.467. The van der Waals surface area contributed by atoms with Crippen LogP contribution < -0.4 is 14.9 Å². The van der Waals surface area contributed by atoms with Crippen molar-refractivity contribution in [1.82, 2.24) is 15.0 Å². The third-order valence-corrected chi connectivity index (χ3v) is 8.04. The summed E-state index contributed by atoms with van der Waals surface area (Å²) in [5, 5.41) is 7.12. The first-order valence-corrected chi connectivity index (χ1v) is 15.6. The Kier molecular flexibility index (Phi) is 12.5. The van der Waals surface area contributed by atoms with Gasteiger partial charge in [-0.3, -0.25) is 14.3 Å². The third kappa shape index (κ3) is 10.7. The number of ether oxygens (including phenoxy) is 1. The van der Waals surface area contributed by atoms with E-state index in [-0.39, 0.29) is 24.6 Å². The maximum absolute atomic E-state index is 13.6. The molecule has 0 radical (unpaired) electrons. The maximum atomic E-state index is 13.6. The van der Waals surface area contributed by atoms with E-state index in [1.54, 1.807) is 57.3 Å². The van der Waals surface area contributed by atoms with Crippen LogP contribution in [0.25, 0.3) is 10.9 Å². The molecule has 9 nitrogen and oxygen atoms in total. The van der Waals surface area contributed by atoms with Crippen molar-refractivity contribution in [3.8, 4) is 5.75 Å². The maximum Gasteiger partial charge on any atom is 0.459 e. The molecule has 1 aromatic heterocycles. The molecule has 0 unspecified atom stereocenters.